The van der Waals surface area contributed by atoms with Crippen LogP contribution in [0.4, 0.5) is 5.69 Å². The molecule has 0 atom stereocenters. The molecule has 0 unspecified atom stereocenters. The number of hydrogen-bond donors (Lipinski definition) is 1. The van der Waals surface area contributed by atoms with E-state index in [0.29, 0.717) is 6.54 Å². The van der Waals surface area contributed by atoms with Gasteiger partial charge in [0.15, 0.2) is 0 Å². The predicted octanol–water partition coefficient (Wildman–Crippen LogP) is 4.46. The van der Waals surface area contributed by atoms with Crippen molar-refractivity contribution in [2.75, 3.05) is 5.32 Å². The highest BCUT2D eigenvalue weighted by Gasteiger charge is 2.02. The molecule has 2 rings (SSSR count). The van der Waals surface area contributed by atoms with Gasteiger partial charge in [0.05, 0.1) is 6.54 Å². The van der Waals surface area contributed by atoms with E-state index in [2.05, 4.69) is 27.9 Å². The number of aryl methyl sites for hydroxylation is 1. The van der Waals surface area contributed by atoms with Crippen LogP contribution in [-0.2, 0) is 6.54 Å². The molecule has 1 aromatic heterocycles. The smallest absolute Gasteiger partial charge is 0.123 e. The maximum Gasteiger partial charge on any atom is 0.123 e. The zero-order valence-corrected chi connectivity index (χ0v) is 11.7. The number of benzene rings is 1. The Kier molecular flexibility index (Phi) is 3.76. The van der Waals surface area contributed by atoms with Gasteiger partial charge in [0.1, 0.15) is 11.5 Å². The second-order valence-corrected chi connectivity index (χ2v) is 5.09. The van der Waals surface area contributed by atoms with E-state index in [-0.39, 0.29) is 0 Å². The Bertz CT molecular complexity index is 496. The molecule has 0 fully saturated rings. The summed E-state index contributed by atoms with van der Waals surface area (Å²) in [5.74, 6) is 1.87. The lowest BCUT2D eigenvalue weighted by Crippen LogP contribution is -1.99. The summed E-state index contributed by atoms with van der Waals surface area (Å²) < 4.78 is 6.58. The summed E-state index contributed by atoms with van der Waals surface area (Å²) in [6.07, 6.45) is 0. The minimum Gasteiger partial charge on any atom is -0.465 e. The van der Waals surface area contributed by atoms with E-state index in [1.807, 2.05) is 37.3 Å². The van der Waals surface area contributed by atoms with Crippen LogP contribution in [0.2, 0.25) is 5.02 Å². The molecule has 4 heteroatoms. The lowest BCUT2D eigenvalue weighted by molar-refractivity contribution is 0.490. The van der Waals surface area contributed by atoms with Gasteiger partial charge in [0.2, 0.25) is 0 Å². The van der Waals surface area contributed by atoms with E-state index in [9.17, 15) is 0 Å². The number of nitrogens with one attached hydrogen (secondary N) is 1. The zero-order chi connectivity index (χ0) is 11.5. The molecule has 0 saturated carbocycles. The van der Waals surface area contributed by atoms with Crippen LogP contribution >= 0.6 is 34.2 Å². The van der Waals surface area contributed by atoms with Crippen molar-refractivity contribution in [2.45, 2.75) is 13.5 Å². The monoisotopic (exact) mass is 347 g/mol. The average Bonchev–Trinajstić information content (AvgIpc) is 2.63. The number of rotatable bonds is 3. The van der Waals surface area contributed by atoms with Crippen molar-refractivity contribution < 1.29 is 4.42 Å². The molecule has 0 amide bonds. The fourth-order valence-electron chi connectivity index (χ4n) is 1.40. The molecule has 1 N–H and O–H groups in total. The highest BCUT2D eigenvalue weighted by Crippen LogP contribution is 2.22. The van der Waals surface area contributed by atoms with Gasteiger partial charge in [0.25, 0.3) is 0 Å². The largest absolute Gasteiger partial charge is 0.465 e. The van der Waals surface area contributed by atoms with Gasteiger partial charge in [0, 0.05) is 14.3 Å². The fourth-order valence-corrected chi connectivity index (χ4v) is 2.46. The molecule has 84 valence electrons. The van der Waals surface area contributed by atoms with Crippen LogP contribution in [0.15, 0.2) is 34.7 Å². The topological polar surface area (TPSA) is 25.2 Å². The third-order valence-corrected chi connectivity index (χ3v) is 3.31. The van der Waals surface area contributed by atoms with Crippen LogP contribution in [0.1, 0.15) is 11.5 Å². The second kappa shape index (κ2) is 5.10. The molecule has 0 radical (unpaired) electrons. The molecule has 0 aliphatic heterocycles. The molecule has 2 nitrogen and oxygen atoms in total. The van der Waals surface area contributed by atoms with Crippen molar-refractivity contribution in [2.24, 2.45) is 0 Å². The van der Waals surface area contributed by atoms with E-state index < -0.39 is 0 Å². The first-order valence-electron chi connectivity index (χ1n) is 4.89. The van der Waals surface area contributed by atoms with E-state index in [1.165, 1.54) is 0 Å². The Balaban J connectivity index is 2.04. The summed E-state index contributed by atoms with van der Waals surface area (Å²) in [4.78, 5) is 0. The third kappa shape index (κ3) is 2.92. The Morgan fingerprint density at radius 3 is 2.75 bits per heavy atom. The summed E-state index contributed by atoms with van der Waals surface area (Å²) in [5, 5.41) is 4.06. The van der Waals surface area contributed by atoms with Crippen LogP contribution < -0.4 is 5.32 Å². The maximum atomic E-state index is 5.89. The molecule has 0 saturated heterocycles. The van der Waals surface area contributed by atoms with Gasteiger partial charge < -0.3 is 9.73 Å². The number of hydrogen-bond acceptors (Lipinski definition) is 2. The molecule has 1 heterocycles. The van der Waals surface area contributed by atoms with E-state index in [1.54, 1.807) is 0 Å². The normalized spacial score (nSPS) is 10.4. The lowest BCUT2D eigenvalue weighted by atomic mass is 10.3. The maximum absolute atomic E-state index is 5.89. The van der Waals surface area contributed by atoms with Gasteiger partial charge in [-0.1, -0.05) is 11.6 Å². The van der Waals surface area contributed by atoms with Crippen LogP contribution in [0.3, 0.4) is 0 Å². The Morgan fingerprint density at radius 2 is 2.12 bits per heavy atom. The van der Waals surface area contributed by atoms with Crippen LogP contribution in [-0.4, -0.2) is 0 Å². The molecule has 0 spiro atoms. The number of anilines is 1. The van der Waals surface area contributed by atoms with Crippen molar-refractivity contribution in [3.8, 4) is 0 Å². The Labute approximate surface area is 113 Å². The summed E-state index contributed by atoms with van der Waals surface area (Å²) in [6, 6.07) is 9.71. The van der Waals surface area contributed by atoms with Gasteiger partial charge in [-0.2, -0.15) is 0 Å². The van der Waals surface area contributed by atoms with Crippen LogP contribution in [0, 0.1) is 10.5 Å². The van der Waals surface area contributed by atoms with Crippen LogP contribution in [0.5, 0.6) is 0 Å². The molecule has 0 bridgehead atoms. The molecular weight excluding hydrogens is 336 g/mol. The first-order chi connectivity index (χ1) is 7.65. The highest BCUT2D eigenvalue weighted by molar-refractivity contribution is 14.1. The van der Waals surface area contributed by atoms with Gasteiger partial charge in [-0.3, -0.25) is 0 Å². The zero-order valence-electron chi connectivity index (χ0n) is 8.76. The standard InChI is InChI=1S/C12H11ClINO/c1-8-2-4-10(16-8)7-15-12-5-3-9(13)6-11(12)14/h2-6,15H,7H2,1H3. The second-order valence-electron chi connectivity index (χ2n) is 3.49. The molecule has 0 aliphatic rings. The quantitative estimate of drug-likeness (QED) is 0.829. The van der Waals surface area contributed by atoms with Gasteiger partial charge >= 0.3 is 0 Å². The third-order valence-electron chi connectivity index (χ3n) is 2.18. The predicted molar refractivity (Wildman–Crippen MR) is 74.9 cm³/mol. The van der Waals surface area contributed by atoms with Gasteiger partial charge in [-0.15, -0.1) is 0 Å². The van der Waals surface area contributed by atoms with Crippen molar-refractivity contribution in [1.82, 2.24) is 0 Å². The molecule has 0 aliphatic carbocycles. The molecule has 1 aromatic carbocycles. The Morgan fingerprint density at radius 1 is 1.31 bits per heavy atom. The van der Waals surface area contributed by atoms with Crippen molar-refractivity contribution in [3.05, 3.63) is 50.4 Å². The fraction of sp³-hybridized carbons (Fsp3) is 0.167. The van der Waals surface area contributed by atoms with Crippen molar-refractivity contribution in [3.63, 3.8) is 0 Å². The molecular formula is C12H11ClINO. The number of furan rings is 1. The SMILES string of the molecule is Cc1ccc(CNc2ccc(Cl)cc2I)o1. The van der Waals surface area contributed by atoms with Gasteiger partial charge in [-0.05, 0) is 59.8 Å². The summed E-state index contributed by atoms with van der Waals surface area (Å²) >= 11 is 8.14. The molecule has 2 aromatic rings. The summed E-state index contributed by atoms with van der Waals surface area (Å²) in [5.41, 5.74) is 1.07. The lowest BCUT2D eigenvalue weighted by Gasteiger charge is -2.07. The van der Waals surface area contributed by atoms with E-state index >= 15 is 0 Å². The molecule has 16 heavy (non-hydrogen) atoms. The van der Waals surface area contributed by atoms with Gasteiger partial charge in [-0.25, -0.2) is 0 Å². The minimum absolute atomic E-state index is 0.686. The first-order valence-corrected chi connectivity index (χ1v) is 6.35. The first kappa shape index (κ1) is 11.8. The summed E-state index contributed by atoms with van der Waals surface area (Å²) in [7, 11) is 0. The van der Waals surface area contributed by atoms with Crippen molar-refractivity contribution >= 4 is 39.9 Å². The Hall–Kier alpha value is -0.680. The average molecular weight is 348 g/mol. The summed E-state index contributed by atoms with van der Waals surface area (Å²) in [6.45, 7) is 2.63. The highest BCUT2D eigenvalue weighted by atomic mass is 127. The van der Waals surface area contributed by atoms with Crippen LogP contribution in [0.25, 0.3) is 0 Å². The van der Waals surface area contributed by atoms with Crippen molar-refractivity contribution in [1.29, 1.82) is 0 Å². The number of halogens is 2. The van der Waals surface area contributed by atoms with E-state index in [4.69, 9.17) is 16.0 Å². The minimum atomic E-state index is 0.686. The van der Waals surface area contributed by atoms with E-state index in [0.717, 1.165) is 25.8 Å².